The van der Waals surface area contributed by atoms with Gasteiger partial charge in [0, 0.05) is 31.0 Å². The minimum atomic E-state index is -0.103. The second-order valence-electron chi connectivity index (χ2n) is 9.87. The minimum Gasteiger partial charge on any atom is -0.508 e. The molecule has 3 rings (SSSR count). The molecule has 0 fully saturated rings. The van der Waals surface area contributed by atoms with Crippen molar-refractivity contribution in [2.24, 2.45) is 0 Å². The van der Waals surface area contributed by atoms with Crippen LogP contribution in [-0.2, 0) is 16.8 Å². The van der Waals surface area contributed by atoms with E-state index in [1.165, 1.54) is 0 Å². The molecule has 1 atom stereocenters. The van der Waals surface area contributed by atoms with Gasteiger partial charge in [0.25, 0.3) is 0 Å². The van der Waals surface area contributed by atoms with E-state index in [1.54, 1.807) is 18.6 Å². The summed E-state index contributed by atoms with van der Waals surface area (Å²) >= 11 is 0. The van der Waals surface area contributed by atoms with Crippen molar-refractivity contribution in [3.63, 3.8) is 0 Å². The molecule has 0 saturated carbocycles. The maximum atomic E-state index is 13.2. The van der Waals surface area contributed by atoms with Crippen molar-refractivity contribution < 1.29 is 9.90 Å². The number of nitrogens with zero attached hydrogens (tertiary/aromatic N) is 2. The normalized spacial score (nSPS) is 12.5. The average Bonchev–Trinajstić information content (AvgIpc) is 3.26. The summed E-state index contributed by atoms with van der Waals surface area (Å²) in [6.45, 7) is 9.34. The number of aromatic nitrogens is 2. The summed E-state index contributed by atoms with van der Waals surface area (Å²) in [6.07, 6.45) is 10.0. The van der Waals surface area contributed by atoms with Gasteiger partial charge in [0.05, 0.1) is 6.33 Å². The Kier molecular flexibility index (Phi) is 8.32. The molecule has 3 aromatic rings. The molecule has 5 nitrogen and oxygen atoms in total. The Morgan fingerprint density at radius 2 is 1.94 bits per heavy atom. The average molecular weight is 448 g/mol. The Morgan fingerprint density at radius 3 is 2.61 bits per heavy atom. The van der Waals surface area contributed by atoms with E-state index >= 15 is 0 Å². The van der Waals surface area contributed by atoms with E-state index in [0.717, 1.165) is 48.1 Å². The van der Waals surface area contributed by atoms with Gasteiger partial charge >= 0.3 is 0 Å². The Balaban J connectivity index is 1.81. The number of amides is 1. The molecule has 0 saturated heterocycles. The molecule has 1 unspecified atom stereocenters. The molecular weight excluding hydrogens is 410 g/mol. The number of unbranched alkanes of at least 4 members (excludes halogenated alkanes) is 2. The van der Waals surface area contributed by atoms with Gasteiger partial charge < -0.3 is 15.0 Å². The van der Waals surface area contributed by atoms with Gasteiger partial charge in [-0.2, -0.15) is 0 Å². The molecule has 0 aliphatic carbocycles. The number of phenolic OH excluding ortho intramolecular Hbond substituents is 1. The van der Waals surface area contributed by atoms with Crippen molar-refractivity contribution in [2.45, 2.75) is 77.7 Å². The lowest BCUT2D eigenvalue weighted by molar-refractivity contribution is -0.116. The predicted octanol–water partition coefficient (Wildman–Crippen LogP) is 6.63. The second-order valence-corrected chi connectivity index (χ2v) is 9.87. The number of imidazole rings is 1. The van der Waals surface area contributed by atoms with Crippen LogP contribution in [-0.4, -0.2) is 20.6 Å². The number of hydrogen-bond donors (Lipinski definition) is 2. The van der Waals surface area contributed by atoms with Gasteiger partial charge in [-0.1, -0.05) is 77.3 Å². The smallest absolute Gasteiger partial charge is 0.224 e. The summed E-state index contributed by atoms with van der Waals surface area (Å²) in [5, 5.41) is 13.6. The zero-order valence-corrected chi connectivity index (χ0v) is 20.3. The largest absolute Gasteiger partial charge is 0.508 e. The summed E-state index contributed by atoms with van der Waals surface area (Å²) in [6, 6.07) is 13.7. The summed E-state index contributed by atoms with van der Waals surface area (Å²) in [7, 11) is 0. The van der Waals surface area contributed by atoms with Crippen molar-refractivity contribution in [3.05, 3.63) is 77.9 Å². The molecule has 0 aliphatic heterocycles. The van der Waals surface area contributed by atoms with E-state index < -0.39 is 0 Å². The zero-order chi connectivity index (χ0) is 23.8. The van der Waals surface area contributed by atoms with E-state index in [-0.39, 0.29) is 23.0 Å². The molecule has 33 heavy (non-hydrogen) atoms. The van der Waals surface area contributed by atoms with Gasteiger partial charge in [-0.05, 0) is 46.6 Å². The molecule has 2 N–H and O–H groups in total. The van der Waals surface area contributed by atoms with Crippen LogP contribution >= 0.6 is 0 Å². The quantitative estimate of drug-likeness (QED) is 0.343. The molecule has 0 spiro atoms. The van der Waals surface area contributed by atoms with Gasteiger partial charge in [0.2, 0.25) is 5.91 Å². The van der Waals surface area contributed by atoms with Gasteiger partial charge in [-0.3, -0.25) is 4.79 Å². The van der Waals surface area contributed by atoms with Crippen LogP contribution in [0.25, 0.3) is 0 Å². The van der Waals surface area contributed by atoms with Crippen LogP contribution in [0.1, 0.15) is 82.4 Å². The molecule has 0 bridgehead atoms. The number of para-hydroxylation sites is 1. The Hall–Kier alpha value is -3.08. The third-order valence-corrected chi connectivity index (χ3v) is 6.05. The highest BCUT2D eigenvalue weighted by Gasteiger charge is 2.22. The first-order valence-corrected chi connectivity index (χ1v) is 11.9. The van der Waals surface area contributed by atoms with Crippen LogP contribution in [0.3, 0.4) is 0 Å². The SMILES string of the molecule is CCCCCC(CC(=O)Nc1cc(Cn2ccnc2)ccc1C(C)(C)C)c1ccccc1O. The highest BCUT2D eigenvalue weighted by Crippen LogP contribution is 2.34. The van der Waals surface area contributed by atoms with Crippen molar-refractivity contribution in [1.29, 1.82) is 0 Å². The first-order chi connectivity index (χ1) is 15.8. The second kappa shape index (κ2) is 11.2. The summed E-state index contributed by atoms with van der Waals surface area (Å²) < 4.78 is 2.01. The maximum absolute atomic E-state index is 13.2. The number of nitrogens with one attached hydrogen (secondary N) is 1. The van der Waals surface area contributed by atoms with Gasteiger partial charge in [-0.25, -0.2) is 4.98 Å². The molecule has 176 valence electrons. The molecule has 0 radical (unpaired) electrons. The highest BCUT2D eigenvalue weighted by atomic mass is 16.3. The predicted molar refractivity (Wildman–Crippen MR) is 135 cm³/mol. The number of anilines is 1. The topological polar surface area (TPSA) is 67.2 Å². The van der Waals surface area contributed by atoms with E-state index in [2.05, 4.69) is 56.2 Å². The number of benzene rings is 2. The Bertz CT molecular complexity index is 1040. The highest BCUT2D eigenvalue weighted by molar-refractivity contribution is 5.92. The Morgan fingerprint density at radius 1 is 1.15 bits per heavy atom. The number of carbonyl (C=O) groups is 1. The van der Waals surface area contributed by atoms with Crippen LogP contribution < -0.4 is 5.32 Å². The maximum Gasteiger partial charge on any atom is 0.224 e. The van der Waals surface area contributed by atoms with E-state index in [4.69, 9.17) is 0 Å². The van der Waals surface area contributed by atoms with Crippen LogP contribution in [0.5, 0.6) is 5.75 Å². The number of hydrogen-bond acceptors (Lipinski definition) is 3. The minimum absolute atomic E-state index is 0.00929. The first kappa shape index (κ1) is 24.6. The first-order valence-electron chi connectivity index (χ1n) is 11.9. The van der Waals surface area contributed by atoms with Crippen LogP contribution in [0.15, 0.2) is 61.2 Å². The van der Waals surface area contributed by atoms with Crippen LogP contribution in [0, 0.1) is 0 Å². The lowest BCUT2D eigenvalue weighted by Crippen LogP contribution is -2.21. The van der Waals surface area contributed by atoms with Crippen molar-refractivity contribution >= 4 is 11.6 Å². The third kappa shape index (κ3) is 6.95. The van der Waals surface area contributed by atoms with Gasteiger partial charge in [0.1, 0.15) is 5.75 Å². The summed E-state index contributed by atoms with van der Waals surface area (Å²) in [5.41, 5.74) is 3.82. The lowest BCUT2D eigenvalue weighted by atomic mass is 9.85. The van der Waals surface area contributed by atoms with E-state index in [1.807, 2.05) is 29.0 Å². The van der Waals surface area contributed by atoms with Gasteiger partial charge in [0.15, 0.2) is 0 Å². The van der Waals surface area contributed by atoms with Crippen LogP contribution in [0.4, 0.5) is 5.69 Å². The molecule has 1 amide bonds. The molecular formula is C28H37N3O2. The number of rotatable bonds is 10. The van der Waals surface area contributed by atoms with E-state index in [9.17, 15) is 9.90 Å². The van der Waals surface area contributed by atoms with Gasteiger partial charge in [-0.15, -0.1) is 0 Å². The third-order valence-electron chi connectivity index (χ3n) is 6.05. The number of aromatic hydroxyl groups is 1. The lowest BCUT2D eigenvalue weighted by Gasteiger charge is -2.25. The van der Waals surface area contributed by atoms with Crippen molar-refractivity contribution in [1.82, 2.24) is 9.55 Å². The fourth-order valence-corrected chi connectivity index (χ4v) is 4.30. The molecule has 2 aromatic carbocycles. The van der Waals surface area contributed by atoms with Crippen LogP contribution in [0.2, 0.25) is 0 Å². The summed E-state index contributed by atoms with van der Waals surface area (Å²) in [5.74, 6) is 0.236. The summed E-state index contributed by atoms with van der Waals surface area (Å²) in [4.78, 5) is 17.4. The zero-order valence-electron chi connectivity index (χ0n) is 20.3. The van der Waals surface area contributed by atoms with E-state index in [0.29, 0.717) is 13.0 Å². The fourth-order valence-electron chi connectivity index (χ4n) is 4.30. The number of carbonyl (C=O) groups excluding carboxylic acids is 1. The Labute approximate surface area is 197 Å². The molecule has 5 heteroatoms. The van der Waals surface area contributed by atoms with Crippen molar-refractivity contribution in [2.75, 3.05) is 5.32 Å². The number of phenols is 1. The standard InChI is InChI=1S/C28H37N3O2/c1-5-6-7-10-22(23-11-8-9-12-26(23)32)18-27(33)30-25-17-21(19-31-16-15-29-20-31)13-14-24(25)28(2,3)4/h8-9,11-17,20,22,32H,5-7,10,18-19H2,1-4H3,(H,30,33). The molecule has 1 aromatic heterocycles. The van der Waals surface area contributed by atoms with Crippen molar-refractivity contribution in [3.8, 4) is 5.75 Å². The fraction of sp³-hybridized carbons (Fsp3) is 0.429. The molecule has 0 aliphatic rings. The monoisotopic (exact) mass is 447 g/mol. The molecule has 1 heterocycles.